The molecule has 7 heteroatoms. The lowest BCUT2D eigenvalue weighted by Gasteiger charge is -2.23. The molecule has 0 aliphatic carbocycles. The molecule has 0 aromatic heterocycles. The van der Waals surface area contributed by atoms with Crippen LogP contribution in [0.3, 0.4) is 0 Å². The van der Waals surface area contributed by atoms with Crippen molar-refractivity contribution in [1.82, 2.24) is 0 Å². The second kappa shape index (κ2) is 7.79. The molecule has 0 spiro atoms. The Hall–Kier alpha value is -2.60. The summed E-state index contributed by atoms with van der Waals surface area (Å²) >= 11 is 5.97. The second-order valence-corrected chi connectivity index (χ2v) is 5.41. The van der Waals surface area contributed by atoms with E-state index in [-0.39, 0.29) is 12.5 Å². The standard InChI is InChI=1S/C17H16ClFN2O3/c1-11(22)21(15-9-12(18)3-8-16(15)24-2)10-17(23)20-14-6-4-13(19)5-7-14/h3-9H,10H2,1-2H3,(H,20,23). The minimum absolute atomic E-state index is 0.233. The maximum Gasteiger partial charge on any atom is 0.244 e. The number of hydrogen-bond donors (Lipinski definition) is 1. The van der Waals surface area contributed by atoms with E-state index in [1.165, 1.54) is 43.2 Å². The lowest BCUT2D eigenvalue weighted by Crippen LogP contribution is -2.36. The van der Waals surface area contributed by atoms with Gasteiger partial charge in [0.25, 0.3) is 0 Å². The van der Waals surface area contributed by atoms with E-state index in [1.807, 2.05) is 0 Å². The van der Waals surface area contributed by atoms with Crippen LogP contribution in [-0.2, 0) is 9.59 Å². The van der Waals surface area contributed by atoms with Gasteiger partial charge in [0.15, 0.2) is 0 Å². The van der Waals surface area contributed by atoms with Crippen LogP contribution < -0.4 is 15.0 Å². The summed E-state index contributed by atoms with van der Waals surface area (Å²) in [5, 5.41) is 3.02. The number of halogens is 2. The van der Waals surface area contributed by atoms with E-state index in [9.17, 15) is 14.0 Å². The number of benzene rings is 2. The number of nitrogens with one attached hydrogen (secondary N) is 1. The Labute approximate surface area is 144 Å². The van der Waals surface area contributed by atoms with E-state index >= 15 is 0 Å². The maximum absolute atomic E-state index is 12.9. The molecule has 1 N–H and O–H groups in total. The summed E-state index contributed by atoms with van der Waals surface area (Å²) in [6.07, 6.45) is 0. The first-order chi connectivity index (χ1) is 11.4. The van der Waals surface area contributed by atoms with Crippen molar-refractivity contribution in [2.45, 2.75) is 6.92 Å². The predicted molar refractivity (Wildman–Crippen MR) is 91.1 cm³/mol. The molecule has 0 fully saturated rings. The average molecular weight is 351 g/mol. The molecule has 0 saturated carbocycles. The van der Waals surface area contributed by atoms with Crippen LogP contribution in [0.4, 0.5) is 15.8 Å². The molecule has 0 saturated heterocycles. The summed E-state index contributed by atoms with van der Waals surface area (Å²) in [5.41, 5.74) is 0.828. The Morgan fingerprint density at radius 2 is 1.88 bits per heavy atom. The van der Waals surface area contributed by atoms with E-state index in [1.54, 1.807) is 18.2 Å². The molecule has 126 valence electrons. The molecule has 24 heavy (non-hydrogen) atoms. The van der Waals surface area contributed by atoms with Gasteiger partial charge in [-0.3, -0.25) is 14.5 Å². The van der Waals surface area contributed by atoms with Crippen LogP contribution in [0.5, 0.6) is 5.75 Å². The fraction of sp³-hybridized carbons (Fsp3) is 0.176. The second-order valence-electron chi connectivity index (χ2n) is 4.98. The summed E-state index contributed by atoms with van der Waals surface area (Å²) in [7, 11) is 1.46. The monoisotopic (exact) mass is 350 g/mol. The first-order valence-corrected chi connectivity index (χ1v) is 7.45. The summed E-state index contributed by atoms with van der Waals surface area (Å²) in [6, 6.07) is 10.1. The van der Waals surface area contributed by atoms with Crippen LogP contribution in [-0.4, -0.2) is 25.5 Å². The van der Waals surface area contributed by atoms with Gasteiger partial charge in [-0.2, -0.15) is 0 Å². The first-order valence-electron chi connectivity index (χ1n) is 7.07. The third-order valence-electron chi connectivity index (χ3n) is 3.24. The SMILES string of the molecule is COc1ccc(Cl)cc1N(CC(=O)Nc1ccc(F)cc1)C(C)=O. The van der Waals surface area contributed by atoms with Gasteiger partial charge in [0, 0.05) is 17.6 Å². The molecule has 0 atom stereocenters. The predicted octanol–water partition coefficient (Wildman–Crippen LogP) is 3.48. The van der Waals surface area contributed by atoms with Crippen LogP contribution in [0, 0.1) is 5.82 Å². The molecule has 2 aromatic rings. The summed E-state index contributed by atoms with van der Waals surface area (Å²) in [4.78, 5) is 25.4. The Morgan fingerprint density at radius 3 is 2.46 bits per heavy atom. The van der Waals surface area contributed by atoms with Gasteiger partial charge in [0.05, 0.1) is 12.8 Å². The Morgan fingerprint density at radius 1 is 1.21 bits per heavy atom. The lowest BCUT2D eigenvalue weighted by atomic mass is 10.2. The zero-order valence-corrected chi connectivity index (χ0v) is 13.9. The number of methoxy groups -OCH3 is 1. The molecule has 0 radical (unpaired) electrons. The van der Waals surface area contributed by atoms with Gasteiger partial charge < -0.3 is 10.1 Å². The van der Waals surface area contributed by atoms with Gasteiger partial charge in [-0.05, 0) is 42.5 Å². The van der Waals surface area contributed by atoms with Crippen LogP contribution >= 0.6 is 11.6 Å². The quantitative estimate of drug-likeness (QED) is 0.898. The number of amides is 2. The number of carbonyl (C=O) groups excluding carboxylic acids is 2. The van der Waals surface area contributed by atoms with Gasteiger partial charge in [0.1, 0.15) is 18.1 Å². The summed E-state index contributed by atoms with van der Waals surface area (Å²) in [5.74, 6) is -0.755. The molecule has 0 unspecified atom stereocenters. The molecule has 0 aliphatic heterocycles. The molecule has 2 aromatic carbocycles. The zero-order valence-electron chi connectivity index (χ0n) is 13.2. The molecule has 5 nitrogen and oxygen atoms in total. The topological polar surface area (TPSA) is 58.6 Å². The molecule has 2 rings (SSSR count). The van der Waals surface area contributed by atoms with E-state index < -0.39 is 11.7 Å². The third-order valence-corrected chi connectivity index (χ3v) is 3.48. The van der Waals surface area contributed by atoms with Crippen molar-refractivity contribution < 1.29 is 18.7 Å². The number of rotatable bonds is 5. The number of anilines is 2. The van der Waals surface area contributed by atoms with Crippen molar-refractivity contribution in [3.8, 4) is 5.75 Å². The number of hydrogen-bond acceptors (Lipinski definition) is 3. The molecular formula is C17H16ClFN2O3. The fourth-order valence-electron chi connectivity index (χ4n) is 2.12. The Bertz CT molecular complexity index is 750. The van der Waals surface area contributed by atoms with Crippen LogP contribution in [0.25, 0.3) is 0 Å². The number of carbonyl (C=O) groups is 2. The smallest absolute Gasteiger partial charge is 0.244 e. The molecule has 2 amide bonds. The van der Waals surface area contributed by atoms with Crippen molar-refractivity contribution >= 4 is 34.8 Å². The highest BCUT2D eigenvalue weighted by atomic mass is 35.5. The van der Waals surface area contributed by atoms with Crippen molar-refractivity contribution in [3.05, 3.63) is 53.3 Å². The minimum atomic E-state index is -0.432. The van der Waals surface area contributed by atoms with E-state index in [0.717, 1.165) is 0 Å². The third kappa shape index (κ3) is 4.45. The molecule has 0 aliphatic rings. The van der Waals surface area contributed by atoms with Gasteiger partial charge in [0.2, 0.25) is 11.8 Å². The van der Waals surface area contributed by atoms with Gasteiger partial charge in [-0.15, -0.1) is 0 Å². The van der Waals surface area contributed by atoms with Gasteiger partial charge >= 0.3 is 0 Å². The molecule has 0 bridgehead atoms. The van der Waals surface area contributed by atoms with Crippen molar-refractivity contribution in [2.24, 2.45) is 0 Å². The van der Waals surface area contributed by atoms with Crippen LogP contribution in [0.1, 0.15) is 6.92 Å². The van der Waals surface area contributed by atoms with Crippen molar-refractivity contribution in [3.63, 3.8) is 0 Å². The maximum atomic E-state index is 12.9. The fourth-order valence-corrected chi connectivity index (χ4v) is 2.28. The minimum Gasteiger partial charge on any atom is -0.495 e. The molecule has 0 heterocycles. The Kier molecular flexibility index (Phi) is 5.76. The zero-order chi connectivity index (χ0) is 17.7. The van der Waals surface area contributed by atoms with Gasteiger partial charge in [-0.25, -0.2) is 4.39 Å². The number of ether oxygens (including phenoxy) is 1. The van der Waals surface area contributed by atoms with Crippen LogP contribution in [0.2, 0.25) is 5.02 Å². The Balaban J connectivity index is 2.19. The highest BCUT2D eigenvalue weighted by molar-refractivity contribution is 6.31. The first kappa shape index (κ1) is 17.7. The highest BCUT2D eigenvalue weighted by Crippen LogP contribution is 2.31. The largest absolute Gasteiger partial charge is 0.495 e. The normalized spacial score (nSPS) is 10.2. The lowest BCUT2D eigenvalue weighted by molar-refractivity contribution is -0.120. The number of nitrogens with zero attached hydrogens (tertiary/aromatic N) is 1. The summed E-state index contributed by atoms with van der Waals surface area (Å²) in [6.45, 7) is 1.11. The van der Waals surface area contributed by atoms with Crippen molar-refractivity contribution in [2.75, 3.05) is 23.9 Å². The highest BCUT2D eigenvalue weighted by Gasteiger charge is 2.20. The summed E-state index contributed by atoms with van der Waals surface area (Å²) < 4.78 is 18.1. The van der Waals surface area contributed by atoms with Crippen LogP contribution in [0.15, 0.2) is 42.5 Å². The molecular weight excluding hydrogens is 335 g/mol. The van der Waals surface area contributed by atoms with E-state index in [0.29, 0.717) is 22.1 Å². The van der Waals surface area contributed by atoms with Crippen molar-refractivity contribution in [1.29, 1.82) is 0 Å². The van der Waals surface area contributed by atoms with Gasteiger partial charge in [-0.1, -0.05) is 11.6 Å². The average Bonchev–Trinajstić information content (AvgIpc) is 2.54. The van der Waals surface area contributed by atoms with E-state index in [2.05, 4.69) is 5.32 Å². The van der Waals surface area contributed by atoms with E-state index in [4.69, 9.17) is 16.3 Å².